The molecule has 1 saturated heterocycles. The van der Waals surface area contributed by atoms with Crippen LogP contribution < -0.4 is 9.64 Å². The summed E-state index contributed by atoms with van der Waals surface area (Å²) in [6.07, 6.45) is 1.71. The van der Waals surface area contributed by atoms with Gasteiger partial charge in [0.2, 0.25) is 0 Å². The van der Waals surface area contributed by atoms with E-state index >= 15 is 0 Å². The topological polar surface area (TPSA) is 54.9 Å². The summed E-state index contributed by atoms with van der Waals surface area (Å²) < 4.78 is 11.4. The number of hydrogen-bond donors (Lipinski definition) is 0. The highest BCUT2D eigenvalue weighted by Crippen LogP contribution is 2.40. The molecule has 1 aromatic heterocycles. The van der Waals surface area contributed by atoms with E-state index in [1.54, 1.807) is 6.20 Å². The highest BCUT2D eigenvalue weighted by atomic mass is 35.5. The van der Waals surface area contributed by atoms with Crippen molar-refractivity contribution >= 4 is 36.5 Å². The third-order valence-electron chi connectivity index (χ3n) is 5.11. The molecule has 1 atom stereocenters. The molecule has 1 unspecified atom stereocenters. The Balaban J connectivity index is 0.00000150. The van der Waals surface area contributed by atoms with Crippen molar-refractivity contribution in [2.75, 3.05) is 37.7 Å². The Bertz CT molecular complexity index is 814. The van der Waals surface area contributed by atoms with Gasteiger partial charge in [-0.05, 0) is 31.5 Å². The molecule has 2 aliphatic rings. The second-order valence-electron chi connectivity index (χ2n) is 7.45. The Morgan fingerprint density at radius 1 is 1.07 bits per heavy atom. The van der Waals surface area contributed by atoms with Crippen molar-refractivity contribution < 1.29 is 14.3 Å². The highest BCUT2D eigenvalue weighted by Gasteiger charge is 2.45. The number of rotatable bonds is 4. The molecular formula is C21H27Cl2N3O3. The van der Waals surface area contributed by atoms with E-state index < -0.39 is 5.60 Å². The summed E-state index contributed by atoms with van der Waals surface area (Å²) in [4.78, 5) is 22.0. The van der Waals surface area contributed by atoms with Gasteiger partial charge in [-0.15, -0.1) is 24.8 Å². The van der Waals surface area contributed by atoms with E-state index in [1.807, 2.05) is 49.1 Å². The molecule has 4 rings (SSSR count). The summed E-state index contributed by atoms with van der Waals surface area (Å²) in [5.41, 5.74) is 0.153. The second kappa shape index (κ2) is 9.76. The van der Waals surface area contributed by atoms with Gasteiger partial charge in [-0.25, -0.2) is 4.98 Å². The number of pyridine rings is 1. The number of anilines is 1. The Hall–Kier alpha value is -1.86. The van der Waals surface area contributed by atoms with E-state index in [2.05, 4.69) is 22.0 Å². The number of benzene rings is 1. The molecule has 0 saturated carbocycles. The van der Waals surface area contributed by atoms with Crippen LogP contribution in [0.1, 0.15) is 25.5 Å². The SMILES string of the molecule is CC1(C)Oc2cccnc2N(C(CN2CCOCC2)c2ccccc2)C1=O.Cl.Cl. The third kappa shape index (κ3) is 4.83. The van der Waals surface area contributed by atoms with E-state index in [-0.39, 0.29) is 36.8 Å². The van der Waals surface area contributed by atoms with Crippen LogP contribution >= 0.6 is 24.8 Å². The van der Waals surface area contributed by atoms with Crippen molar-refractivity contribution in [3.05, 3.63) is 54.2 Å². The minimum absolute atomic E-state index is 0. The largest absolute Gasteiger partial charge is 0.474 e. The maximum atomic E-state index is 13.4. The van der Waals surface area contributed by atoms with Gasteiger partial charge < -0.3 is 9.47 Å². The monoisotopic (exact) mass is 439 g/mol. The molecule has 8 heteroatoms. The lowest BCUT2D eigenvalue weighted by molar-refractivity contribution is -0.133. The van der Waals surface area contributed by atoms with Gasteiger partial charge in [0.05, 0.1) is 19.3 Å². The van der Waals surface area contributed by atoms with Crippen LogP contribution in [0.4, 0.5) is 5.82 Å². The summed E-state index contributed by atoms with van der Waals surface area (Å²) in [5, 5.41) is 0. The molecule has 1 fully saturated rings. The van der Waals surface area contributed by atoms with Crippen molar-refractivity contribution in [3.63, 3.8) is 0 Å². The molecule has 6 nitrogen and oxygen atoms in total. The Morgan fingerprint density at radius 2 is 1.76 bits per heavy atom. The number of amides is 1. The number of carbonyl (C=O) groups excluding carboxylic acids is 1. The molecular weight excluding hydrogens is 413 g/mol. The quantitative estimate of drug-likeness (QED) is 0.729. The normalized spacial score (nSPS) is 19.2. The molecule has 2 aromatic rings. The van der Waals surface area contributed by atoms with Gasteiger partial charge in [-0.1, -0.05) is 30.3 Å². The molecule has 0 N–H and O–H groups in total. The summed E-state index contributed by atoms with van der Waals surface area (Å²) in [6.45, 7) is 7.52. The first-order chi connectivity index (χ1) is 13.1. The predicted octanol–water partition coefficient (Wildman–Crippen LogP) is 3.50. The zero-order chi connectivity index (χ0) is 18.9. The predicted molar refractivity (Wildman–Crippen MR) is 117 cm³/mol. The number of nitrogens with zero attached hydrogens (tertiary/aromatic N) is 3. The fourth-order valence-corrected chi connectivity index (χ4v) is 3.68. The first-order valence-corrected chi connectivity index (χ1v) is 9.39. The van der Waals surface area contributed by atoms with Gasteiger partial charge in [-0.2, -0.15) is 0 Å². The number of halogens is 2. The summed E-state index contributed by atoms with van der Waals surface area (Å²) in [6, 6.07) is 13.7. The van der Waals surface area contributed by atoms with Crippen LogP contribution in [0.15, 0.2) is 48.7 Å². The number of carbonyl (C=O) groups is 1. The van der Waals surface area contributed by atoms with Crippen molar-refractivity contribution in [2.45, 2.75) is 25.5 Å². The second-order valence-corrected chi connectivity index (χ2v) is 7.45. The molecule has 1 amide bonds. The molecule has 2 aliphatic heterocycles. The molecule has 3 heterocycles. The molecule has 0 radical (unpaired) electrons. The molecule has 1 aromatic carbocycles. The van der Waals surface area contributed by atoms with Crippen molar-refractivity contribution in [2.24, 2.45) is 0 Å². The molecule has 0 aliphatic carbocycles. The molecule has 0 bridgehead atoms. The average Bonchev–Trinajstić information content (AvgIpc) is 2.69. The van der Waals surface area contributed by atoms with Gasteiger partial charge in [-0.3, -0.25) is 14.6 Å². The van der Waals surface area contributed by atoms with E-state index in [0.717, 1.165) is 38.4 Å². The van der Waals surface area contributed by atoms with Crippen LogP contribution in [0, 0.1) is 0 Å². The first-order valence-electron chi connectivity index (χ1n) is 9.39. The summed E-state index contributed by atoms with van der Waals surface area (Å²) in [7, 11) is 0. The highest BCUT2D eigenvalue weighted by molar-refractivity contribution is 6.02. The van der Waals surface area contributed by atoms with Crippen molar-refractivity contribution in [1.82, 2.24) is 9.88 Å². The van der Waals surface area contributed by atoms with Crippen molar-refractivity contribution in [3.8, 4) is 5.75 Å². The Labute approximate surface area is 184 Å². The van der Waals surface area contributed by atoms with Gasteiger partial charge in [0, 0.05) is 25.8 Å². The number of morpholine rings is 1. The van der Waals surface area contributed by atoms with Crippen LogP contribution in [-0.2, 0) is 9.53 Å². The van der Waals surface area contributed by atoms with E-state index in [1.165, 1.54) is 0 Å². The molecule has 0 spiro atoms. The van der Waals surface area contributed by atoms with Crippen LogP contribution in [0.5, 0.6) is 5.75 Å². The third-order valence-corrected chi connectivity index (χ3v) is 5.11. The number of ether oxygens (including phenoxy) is 2. The Morgan fingerprint density at radius 3 is 2.45 bits per heavy atom. The zero-order valence-corrected chi connectivity index (χ0v) is 18.2. The van der Waals surface area contributed by atoms with E-state index in [4.69, 9.17) is 9.47 Å². The van der Waals surface area contributed by atoms with Crippen LogP contribution in [0.3, 0.4) is 0 Å². The first kappa shape index (κ1) is 23.4. The van der Waals surface area contributed by atoms with E-state index in [9.17, 15) is 4.79 Å². The minimum atomic E-state index is -0.936. The van der Waals surface area contributed by atoms with Crippen LogP contribution in [0.2, 0.25) is 0 Å². The van der Waals surface area contributed by atoms with Gasteiger partial charge >= 0.3 is 0 Å². The number of hydrogen-bond acceptors (Lipinski definition) is 5. The zero-order valence-electron chi connectivity index (χ0n) is 16.6. The van der Waals surface area contributed by atoms with E-state index in [0.29, 0.717) is 11.6 Å². The summed E-state index contributed by atoms with van der Waals surface area (Å²) >= 11 is 0. The smallest absolute Gasteiger partial charge is 0.272 e. The molecule has 29 heavy (non-hydrogen) atoms. The molecule has 158 valence electrons. The lowest BCUT2D eigenvalue weighted by atomic mass is 9.98. The van der Waals surface area contributed by atoms with Gasteiger partial charge in [0.15, 0.2) is 17.2 Å². The maximum absolute atomic E-state index is 13.4. The fourth-order valence-electron chi connectivity index (χ4n) is 3.68. The van der Waals surface area contributed by atoms with Crippen LogP contribution in [0.25, 0.3) is 0 Å². The number of fused-ring (bicyclic) bond motifs is 1. The van der Waals surface area contributed by atoms with Crippen LogP contribution in [-0.4, -0.2) is 54.2 Å². The Kier molecular flexibility index (Phi) is 7.88. The summed E-state index contributed by atoms with van der Waals surface area (Å²) in [5.74, 6) is 1.16. The van der Waals surface area contributed by atoms with Gasteiger partial charge in [0.1, 0.15) is 0 Å². The average molecular weight is 440 g/mol. The lowest BCUT2D eigenvalue weighted by Gasteiger charge is -2.43. The van der Waals surface area contributed by atoms with Crippen molar-refractivity contribution in [1.29, 1.82) is 0 Å². The minimum Gasteiger partial charge on any atom is -0.474 e. The standard InChI is InChI=1S/C21H25N3O3.2ClH/c1-21(2)20(25)24(19-18(27-21)9-6-10-22-19)17(16-7-4-3-5-8-16)15-23-11-13-26-14-12-23;;/h3-10,17H,11-15H2,1-2H3;2*1H. The maximum Gasteiger partial charge on any atom is 0.272 e. The number of aromatic nitrogens is 1. The fraction of sp³-hybridized carbons (Fsp3) is 0.429. The lowest BCUT2D eigenvalue weighted by Crippen LogP contribution is -2.56. The van der Waals surface area contributed by atoms with Gasteiger partial charge in [0.25, 0.3) is 5.91 Å².